The topological polar surface area (TPSA) is 114 Å². The van der Waals surface area contributed by atoms with Gasteiger partial charge in [0, 0.05) is 6.20 Å². The average molecular weight is 260 g/mol. The number of urea groups is 1. The second kappa shape index (κ2) is 3.94. The Labute approximate surface area is 108 Å². The Bertz CT molecular complexity index is 627. The quantitative estimate of drug-likeness (QED) is 0.713. The number of hydrogen-bond donors (Lipinski definition) is 3. The molecule has 0 saturated heterocycles. The van der Waals surface area contributed by atoms with Gasteiger partial charge in [0.15, 0.2) is 5.65 Å². The third kappa shape index (κ3) is 2.07. The third-order valence-electron chi connectivity index (χ3n) is 3.04. The molecule has 3 amide bonds. The number of carbonyl (C=O) groups is 2. The van der Waals surface area contributed by atoms with E-state index in [1.165, 1.54) is 4.52 Å². The molecule has 19 heavy (non-hydrogen) atoms. The van der Waals surface area contributed by atoms with Crippen LogP contribution in [0.2, 0.25) is 0 Å². The third-order valence-corrected chi connectivity index (χ3v) is 3.04. The number of pyridine rings is 1. The first-order chi connectivity index (χ1) is 9.09. The SMILES string of the molecule is NC(=O)C1(NC(=O)Nc2nc3ccccn3n2)CC1. The summed E-state index contributed by atoms with van der Waals surface area (Å²) in [5.74, 6) is -0.352. The predicted molar refractivity (Wildman–Crippen MR) is 66.3 cm³/mol. The average Bonchev–Trinajstić information content (AvgIpc) is 3.02. The zero-order valence-corrected chi connectivity index (χ0v) is 9.96. The molecule has 0 atom stereocenters. The highest BCUT2D eigenvalue weighted by molar-refractivity contribution is 5.96. The summed E-state index contributed by atoms with van der Waals surface area (Å²) in [6.07, 6.45) is 2.85. The van der Waals surface area contributed by atoms with Gasteiger partial charge in [-0.05, 0) is 25.0 Å². The van der Waals surface area contributed by atoms with E-state index >= 15 is 0 Å². The number of nitrogens with zero attached hydrogens (tertiary/aromatic N) is 3. The Hall–Kier alpha value is -2.64. The second-order valence-electron chi connectivity index (χ2n) is 4.46. The van der Waals surface area contributed by atoms with E-state index in [0.717, 1.165) is 0 Å². The number of fused-ring (bicyclic) bond motifs is 1. The van der Waals surface area contributed by atoms with Gasteiger partial charge in [-0.3, -0.25) is 10.1 Å². The maximum absolute atomic E-state index is 11.7. The zero-order valence-electron chi connectivity index (χ0n) is 9.96. The first-order valence-electron chi connectivity index (χ1n) is 5.80. The van der Waals surface area contributed by atoms with Crippen LogP contribution in [0.5, 0.6) is 0 Å². The molecule has 0 aliphatic heterocycles. The van der Waals surface area contributed by atoms with Crippen LogP contribution in [0.25, 0.3) is 5.65 Å². The molecule has 3 rings (SSSR count). The van der Waals surface area contributed by atoms with Crippen molar-refractivity contribution in [1.82, 2.24) is 19.9 Å². The minimum Gasteiger partial charge on any atom is -0.368 e. The largest absolute Gasteiger partial charge is 0.368 e. The van der Waals surface area contributed by atoms with Crippen LogP contribution in [0.4, 0.5) is 10.7 Å². The van der Waals surface area contributed by atoms with E-state index in [-0.39, 0.29) is 5.95 Å². The molecular formula is C11H12N6O2. The van der Waals surface area contributed by atoms with E-state index in [2.05, 4.69) is 20.7 Å². The van der Waals surface area contributed by atoms with Gasteiger partial charge >= 0.3 is 6.03 Å². The minimum absolute atomic E-state index is 0.170. The van der Waals surface area contributed by atoms with Gasteiger partial charge in [0.1, 0.15) is 5.54 Å². The number of aromatic nitrogens is 3. The number of hydrogen-bond acceptors (Lipinski definition) is 4. The van der Waals surface area contributed by atoms with E-state index in [4.69, 9.17) is 5.73 Å². The summed E-state index contributed by atoms with van der Waals surface area (Å²) < 4.78 is 1.54. The van der Waals surface area contributed by atoms with Crippen LogP contribution in [-0.4, -0.2) is 32.1 Å². The molecule has 2 aromatic rings. The molecule has 1 aliphatic rings. The van der Waals surface area contributed by atoms with Crippen LogP contribution in [0.15, 0.2) is 24.4 Å². The molecule has 98 valence electrons. The van der Waals surface area contributed by atoms with Crippen molar-refractivity contribution < 1.29 is 9.59 Å². The Kier molecular flexibility index (Phi) is 2.37. The lowest BCUT2D eigenvalue weighted by Crippen LogP contribution is -2.48. The highest BCUT2D eigenvalue weighted by Gasteiger charge is 2.50. The van der Waals surface area contributed by atoms with Crippen molar-refractivity contribution in [3.8, 4) is 0 Å². The summed E-state index contributed by atoms with van der Waals surface area (Å²) in [4.78, 5) is 27.0. The molecule has 2 aromatic heterocycles. The molecule has 1 aliphatic carbocycles. The summed E-state index contributed by atoms with van der Waals surface area (Å²) in [6, 6.07) is 4.85. The number of primary amides is 1. The molecule has 8 heteroatoms. The van der Waals surface area contributed by atoms with Crippen molar-refractivity contribution in [2.24, 2.45) is 5.73 Å². The lowest BCUT2D eigenvalue weighted by molar-refractivity contribution is -0.120. The molecule has 4 N–H and O–H groups in total. The van der Waals surface area contributed by atoms with E-state index in [1.54, 1.807) is 18.3 Å². The minimum atomic E-state index is -0.900. The smallest absolute Gasteiger partial charge is 0.322 e. The van der Waals surface area contributed by atoms with Crippen LogP contribution in [0.3, 0.4) is 0 Å². The van der Waals surface area contributed by atoms with E-state index in [0.29, 0.717) is 18.5 Å². The number of rotatable bonds is 3. The number of nitrogens with one attached hydrogen (secondary N) is 2. The number of anilines is 1. The molecular weight excluding hydrogens is 248 g/mol. The van der Waals surface area contributed by atoms with Crippen LogP contribution < -0.4 is 16.4 Å². The molecule has 1 fully saturated rings. The Balaban J connectivity index is 1.71. The van der Waals surface area contributed by atoms with Gasteiger partial charge in [-0.25, -0.2) is 9.31 Å². The summed E-state index contributed by atoms with van der Waals surface area (Å²) in [6.45, 7) is 0. The standard InChI is InChI=1S/C11H12N6O2/c12-8(18)11(4-5-11)15-10(19)14-9-13-7-3-1-2-6-17(7)16-9/h1-3,6H,4-5H2,(H2,12,18)(H2,14,15,16,19). The molecule has 0 bridgehead atoms. The fourth-order valence-electron chi connectivity index (χ4n) is 1.79. The normalized spacial score (nSPS) is 16.0. The predicted octanol–water partition coefficient (Wildman–Crippen LogP) is -0.131. The van der Waals surface area contributed by atoms with Gasteiger partial charge < -0.3 is 11.1 Å². The summed E-state index contributed by atoms with van der Waals surface area (Å²) in [5.41, 5.74) is 4.94. The van der Waals surface area contributed by atoms with Crippen molar-refractivity contribution >= 4 is 23.5 Å². The van der Waals surface area contributed by atoms with Gasteiger partial charge in [-0.2, -0.15) is 4.98 Å². The Morgan fingerprint density at radius 3 is 2.79 bits per heavy atom. The molecule has 1 saturated carbocycles. The van der Waals surface area contributed by atoms with E-state index in [1.807, 2.05) is 6.07 Å². The van der Waals surface area contributed by atoms with Crippen molar-refractivity contribution in [2.45, 2.75) is 18.4 Å². The maximum Gasteiger partial charge on any atom is 0.322 e. The molecule has 0 spiro atoms. The van der Waals surface area contributed by atoms with E-state index < -0.39 is 17.5 Å². The first-order valence-corrected chi connectivity index (χ1v) is 5.80. The van der Waals surface area contributed by atoms with Gasteiger partial charge in [0.2, 0.25) is 5.91 Å². The second-order valence-corrected chi connectivity index (χ2v) is 4.46. The lowest BCUT2D eigenvalue weighted by Gasteiger charge is -2.12. The maximum atomic E-state index is 11.7. The number of amides is 3. The van der Waals surface area contributed by atoms with Gasteiger partial charge in [0.05, 0.1) is 0 Å². The van der Waals surface area contributed by atoms with Gasteiger partial charge in [-0.15, -0.1) is 5.10 Å². The van der Waals surface area contributed by atoms with E-state index in [9.17, 15) is 9.59 Å². The van der Waals surface area contributed by atoms with Crippen LogP contribution >= 0.6 is 0 Å². The molecule has 0 radical (unpaired) electrons. The Morgan fingerprint density at radius 2 is 2.16 bits per heavy atom. The van der Waals surface area contributed by atoms with Crippen LogP contribution in [-0.2, 0) is 4.79 Å². The Morgan fingerprint density at radius 1 is 1.37 bits per heavy atom. The molecule has 0 unspecified atom stereocenters. The van der Waals surface area contributed by atoms with Crippen LogP contribution in [0.1, 0.15) is 12.8 Å². The van der Waals surface area contributed by atoms with Crippen molar-refractivity contribution in [2.75, 3.05) is 5.32 Å². The van der Waals surface area contributed by atoms with Crippen molar-refractivity contribution in [3.05, 3.63) is 24.4 Å². The van der Waals surface area contributed by atoms with Gasteiger partial charge in [-0.1, -0.05) is 6.07 Å². The summed E-state index contributed by atoms with van der Waals surface area (Å²) in [7, 11) is 0. The fraction of sp³-hybridized carbons (Fsp3) is 0.273. The lowest BCUT2D eigenvalue weighted by atomic mass is 10.2. The summed E-state index contributed by atoms with van der Waals surface area (Å²) in [5, 5.41) is 9.09. The van der Waals surface area contributed by atoms with Crippen molar-refractivity contribution in [1.29, 1.82) is 0 Å². The first kappa shape index (κ1) is 11.5. The highest BCUT2D eigenvalue weighted by Crippen LogP contribution is 2.34. The number of carbonyl (C=O) groups excluding carboxylic acids is 2. The molecule has 0 aromatic carbocycles. The highest BCUT2D eigenvalue weighted by atomic mass is 16.2. The fourth-order valence-corrected chi connectivity index (χ4v) is 1.79. The van der Waals surface area contributed by atoms with Crippen molar-refractivity contribution in [3.63, 3.8) is 0 Å². The van der Waals surface area contributed by atoms with Gasteiger partial charge in [0.25, 0.3) is 5.95 Å². The molecule has 2 heterocycles. The monoisotopic (exact) mass is 260 g/mol. The zero-order chi connectivity index (χ0) is 13.5. The molecule has 8 nitrogen and oxygen atoms in total. The number of nitrogens with two attached hydrogens (primary N) is 1. The van der Waals surface area contributed by atoms with Crippen LogP contribution in [0, 0.1) is 0 Å². The summed E-state index contributed by atoms with van der Waals surface area (Å²) >= 11 is 0.